The van der Waals surface area contributed by atoms with E-state index < -0.39 is 0 Å². The van der Waals surface area contributed by atoms with Crippen molar-refractivity contribution in [3.63, 3.8) is 0 Å². The first-order valence-corrected chi connectivity index (χ1v) is 5.59. The molecule has 0 N–H and O–H groups in total. The first-order valence-electron chi connectivity index (χ1n) is 5.59. The lowest BCUT2D eigenvalue weighted by molar-refractivity contribution is -0.111. The molecule has 0 fully saturated rings. The lowest BCUT2D eigenvalue weighted by atomic mass is 10.0. The number of rotatable bonds is 2. The summed E-state index contributed by atoms with van der Waals surface area (Å²) in [4.78, 5) is 11.9. The van der Waals surface area contributed by atoms with Crippen LogP contribution in [0.2, 0.25) is 0 Å². The van der Waals surface area contributed by atoms with Gasteiger partial charge in [0, 0.05) is 18.0 Å². The number of aromatic nitrogens is 4. The number of hydrogen-bond acceptors (Lipinski definition) is 7. The van der Waals surface area contributed by atoms with Crippen molar-refractivity contribution in [2.24, 2.45) is 10.2 Å². The van der Waals surface area contributed by atoms with Gasteiger partial charge < -0.3 is 0 Å². The Morgan fingerprint density at radius 3 is 2.74 bits per heavy atom. The monoisotopic (exact) mass is 252 g/mol. The molecule has 0 amide bonds. The fourth-order valence-corrected chi connectivity index (χ4v) is 1.71. The molecule has 92 valence electrons. The molecule has 0 saturated carbocycles. The van der Waals surface area contributed by atoms with Crippen LogP contribution < -0.4 is 0 Å². The summed E-state index contributed by atoms with van der Waals surface area (Å²) in [6.07, 6.45) is 4.79. The van der Waals surface area contributed by atoms with Crippen LogP contribution in [0, 0.1) is 0 Å². The molecule has 3 heterocycles. The van der Waals surface area contributed by atoms with Gasteiger partial charge in [0.05, 0.1) is 18.3 Å². The van der Waals surface area contributed by atoms with Crippen molar-refractivity contribution in [1.29, 1.82) is 0 Å². The SMILES string of the molecule is O=C1CC=NN=C1c1nnccc1-c1cccnn1. The number of ketones is 1. The van der Waals surface area contributed by atoms with Gasteiger partial charge in [-0.05, 0) is 18.2 Å². The molecule has 7 heteroatoms. The van der Waals surface area contributed by atoms with E-state index >= 15 is 0 Å². The topological polar surface area (TPSA) is 93.3 Å². The van der Waals surface area contributed by atoms with E-state index in [0.717, 1.165) is 0 Å². The Labute approximate surface area is 108 Å². The largest absolute Gasteiger partial charge is 0.292 e. The van der Waals surface area contributed by atoms with E-state index in [2.05, 4.69) is 30.6 Å². The third-order valence-corrected chi connectivity index (χ3v) is 2.57. The molecule has 0 aliphatic carbocycles. The number of nitrogens with zero attached hydrogens (tertiary/aromatic N) is 6. The van der Waals surface area contributed by atoms with Crippen LogP contribution in [0.5, 0.6) is 0 Å². The van der Waals surface area contributed by atoms with Crippen LogP contribution in [-0.2, 0) is 4.79 Å². The molecule has 3 rings (SSSR count). The van der Waals surface area contributed by atoms with E-state index in [1.807, 2.05) is 0 Å². The van der Waals surface area contributed by atoms with Gasteiger partial charge in [-0.2, -0.15) is 20.4 Å². The highest BCUT2D eigenvalue weighted by molar-refractivity contribution is 6.48. The molecule has 2 aromatic rings. The highest BCUT2D eigenvalue weighted by Gasteiger charge is 2.22. The average Bonchev–Trinajstić information content (AvgIpc) is 2.49. The quantitative estimate of drug-likeness (QED) is 0.783. The molecule has 0 aromatic carbocycles. The predicted molar refractivity (Wildman–Crippen MR) is 67.7 cm³/mol. The molecule has 0 unspecified atom stereocenters. The van der Waals surface area contributed by atoms with Crippen LogP contribution in [0.3, 0.4) is 0 Å². The Balaban J connectivity index is 2.16. The van der Waals surface area contributed by atoms with Crippen LogP contribution in [0.4, 0.5) is 0 Å². The normalized spacial score (nSPS) is 14.3. The van der Waals surface area contributed by atoms with E-state index in [4.69, 9.17) is 0 Å². The van der Waals surface area contributed by atoms with Gasteiger partial charge in [-0.3, -0.25) is 4.79 Å². The summed E-state index contributed by atoms with van der Waals surface area (Å²) in [5.74, 6) is -0.138. The van der Waals surface area contributed by atoms with E-state index in [1.165, 1.54) is 12.4 Å². The van der Waals surface area contributed by atoms with Crippen molar-refractivity contribution in [1.82, 2.24) is 20.4 Å². The number of carbonyl (C=O) groups excluding carboxylic acids is 1. The maximum atomic E-state index is 11.9. The summed E-state index contributed by atoms with van der Waals surface area (Å²) in [5, 5.41) is 23.2. The Hall–Kier alpha value is -2.83. The molecule has 0 atom stereocenters. The molecule has 1 aliphatic heterocycles. The Bertz CT molecular complexity index is 680. The standard InChI is InChI=1S/C12H8N6O/c19-10-4-7-15-18-12(10)11-8(3-6-14-17-11)9-2-1-5-13-16-9/h1-3,5-7H,4H2. The number of hydrogen-bond donors (Lipinski definition) is 0. The second-order valence-corrected chi connectivity index (χ2v) is 3.78. The Kier molecular flexibility index (Phi) is 2.85. The van der Waals surface area contributed by atoms with Gasteiger partial charge in [0.25, 0.3) is 0 Å². The minimum Gasteiger partial charge on any atom is -0.292 e. The zero-order valence-electron chi connectivity index (χ0n) is 9.76. The van der Waals surface area contributed by atoms with Gasteiger partial charge in [0.1, 0.15) is 5.69 Å². The minimum atomic E-state index is -0.138. The molecule has 19 heavy (non-hydrogen) atoms. The fourth-order valence-electron chi connectivity index (χ4n) is 1.71. The van der Waals surface area contributed by atoms with Gasteiger partial charge in [-0.15, -0.1) is 10.2 Å². The van der Waals surface area contributed by atoms with Gasteiger partial charge in [0.2, 0.25) is 0 Å². The summed E-state index contributed by atoms with van der Waals surface area (Å²) in [6, 6.07) is 5.26. The van der Waals surface area contributed by atoms with Crippen LogP contribution in [0.25, 0.3) is 11.3 Å². The molecule has 0 saturated heterocycles. The average molecular weight is 252 g/mol. The van der Waals surface area contributed by atoms with Crippen molar-refractivity contribution in [3.05, 3.63) is 36.3 Å². The van der Waals surface area contributed by atoms with E-state index in [-0.39, 0.29) is 17.9 Å². The second-order valence-electron chi connectivity index (χ2n) is 3.78. The first-order chi connectivity index (χ1) is 9.36. The minimum absolute atomic E-state index is 0.138. The van der Waals surface area contributed by atoms with E-state index in [1.54, 1.807) is 24.4 Å². The van der Waals surface area contributed by atoms with Gasteiger partial charge in [-0.25, -0.2) is 0 Å². The third-order valence-electron chi connectivity index (χ3n) is 2.57. The lowest BCUT2D eigenvalue weighted by Crippen LogP contribution is -2.21. The van der Waals surface area contributed by atoms with Crippen LogP contribution >= 0.6 is 0 Å². The van der Waals surface area contributed by atoms with Crippen LogP contribution in [0.1, 0.15) is 12.1 Å². The predicted octanol–water partition coefficient (Wildman–Crippen LogP) is 0.681. The molecular formula is C12H8N6O. The summed E-state index contributed by atoms with van der Waals surface area (Å²) in [7, 11) is 0. The maximum Gasteiger partial charge on any atom is 0.190 e. The van der Waals surface area contributed by atoms with Gasteiger partial charge >= 0.3 is 0 Å². The molecule has 1 aliphatic rings. The van der Waals surface area contributed by atoms with E-state index in [0.29, 0.717) is 17.0 Å². The second kappa shape index (κ2) is 4.81. The van der Waals surface area contributed by atoms with Gasteiger partial charge in [0.15, 0.2) is 11.5 Å². The summed E-state index contributed by atoms with van der Waals surface area (Å²) < 4.78 is 0. The summed E-state index contributed by atoms with van der Waals surface area (Å²) >= 11 is 0. The van der Waals surface area contributed by atoms with Crippen molar-refractivity contribution < 1.29 is 4.79 Å². The molecule has 7 nitrogen and oxygen atoms in total. The highest BCUT2D eigenvalue weighted by atomic mass is 16.1. The highest BCUT2D eigenvalue weighted by Crippen LogP contribution is 2.20. The molecule has 2 aromatic heterocycles. The Morgan fingerprint density at radius 2 is 1.95 bits per heavy atom. The van der Waals surface area contributed by atoms with Crippen molar-refractivity contribution >= 4 is 17.7 Å². The Morgan fingerprint density at radius 1 is 1.05 bits per heavy atom. The zero-order valence-corrected chi connectivity index (χ0v) is 9.76. The molecular weight excluding hydrogens is 244 g/mol. The molecule has 0 radical (unpaired) electrons. The van der Waals surface area contributed by atoms with Crippen molar-refractivity contribution in [3.8, 4) is 11.3 Å². The van der Waals surface area contributed by atoms with E-state index in [9.17, 15) is 4.79 Å². The summed E-state index contributed by atoms with van der Waals surface area (Å²) in [6.45, 7) is 0. The fraction of sp³-hybridized carbons (Fsp3) is 0.0833. The number of Topliss-reactive ketones (excluding diaryl/α,β-unsaturated/α-hetero) is 1. The third kappa shape index (κ3) is 2.13. The lowest BCUT2D eigenvalue weighted by Gasteiger charge is -2.08. The molecule has 0 spiro atoms. The van der Waals surface area contributed by atoms with Crippen molar-refractivity contribution in [2.75, 3.05) is 0 Å². The first kappa shape index (κ1) is 11.3. The number of carbonyl (C=O) groups is 1. The zero-order chi connectivity index (χ0) is 13.1. The summed E-state index contributed by atoms with van der Waals surface area (Å²) in [5.41, 5.74) is 1.85. The van der Waals surface area contributed by atoms with Crippen molar-refractivity contribution in [2.45, 2.75) is 6.42 Å². The van der Waals surface area contributed by atoms with Crippen LogP contribution in [0.15, 0.2) is 40.8 Å². The van der Waals surface area contributed by atoms with Gasteiger partial charge in [-0.1, -0.05) is 0 Å². The van der Waals surface area contributed by atoms with Crippen LogP contribution in [-0.4, -0.2) is 38.1 Å². The maximum absolute atomic E-state index is 11.9. The smallest absolute Gasteiger partial charge is 0.190 e. The molecule has 0 bridgehead atoms.